The van der Waals surface area contributed by atoms with Crippen molar-refractivity contribution in [3.8, 4) is 17.2 Å². The van der Waals surface area contributed by atoms with Crippen LogP contribution in [0.3, 0.4) is 0 Å². The molecule has 1 atom stereocenters. The van der Waals surface area contributed by atoms with Crippen LogP contribution in [0.25, 0.3) is 6.08 Å². The number of hydrogen-bond acceptors (Lipinski definition) is 4. The van der Waals surface area contributed by atoms with Gasteiger partial charge in [0.2, 0.25) is 5.91 Å². The fourth-order valence-corrected chi connectivity index (χ4v) is 3.11. The van der Waals surface area contributed by atoms with Gasteiger partial charge in [-0.15, -0.1) is 0 Å². The van der Waals surface area contributed by atoms with Gasteiger partial charge >= 0.3 is 0 Å². The first-order valence-electron chi connectivity index (χ1n) is 9.81. The van der Waals surface area contributed by atoms with Gasteiger partial charge in [0.25, 0.3) is 0 Å². The highest BCUT2D eigenvalue weighted by molar-refractivity contribution is 5.92. The standard InChI is InChI=1S/C23H27NO4/c1-3-14-27-21-11-9-17(16-22(21)26-4-2)10-12-23(25)24-19-13-15-28-20-8-6-5-7-18(19)20/h5-12,16,19H,3-4,13-15H2,1-2H3,(H,24,25)/b12-10+/t19-/m0/s1. The number of nitrogens with one attached hydrogen (secondary N) is 1. The molecule has 1 heterocycles. The maximum absolute atomic E-state index is 12.4. The van der Waals surface area contributed by atoms with Crippen molar-refractivity contribution in [2.75, 3.05) is 19.8 Å². The summed E-state index contributed by atoms with van der Waals surface area (Å²) < 4.78 is 17.0. The molecule has 2 aromatic carbocycles. The second-order valence-corrected chi connectivity index (χ2v) is 6.56. The molecule has 0 spiro atoms. The number of hydrogen-bond donors (Lipinski definition) is 1. The molecule has 0 radical (unpaired) electrons. The van der Waals surface area contributed by atoms with E-state index in [1.165, 1.54) is 0 Å². The summed E-state index contributed by atoms with van der Waals surface area (Å²) in [5.41, 5.74) is 1.90. The molecule has 5 heteroatoms. The van der Waals surface area contributed by atoms with Crippen molar-refractivity contribution in [2.24, 2.45) is 0 Å². The van der Waals surface area contributed by atoms with Gasteiger partial charge in [0.1, 0.15) is 5.75 Å². The van der Waals surface area contributed by atoms with Crippen LogP contribution in [0.1, 0.15) is 43.9 Å². The summed E-state index contributed by atoms with van der Waals surface area (Å²) in [7, 11) is 0. The molecule has 1 aliphatic rings. The van der Waals surface area contributed by atoms with Crippen LogP contribution in [0.4, 0.5) is 0 Å². The average molecular weight is 381 g/mol. The Morgan fingerprint density at radius 2 is 2.04 bits per heavy atom. The second-order valence-electron chi connectivity index (χ2n) is 6.56. The fraction of sp³-hybridized carbons (Fsp3) is 0.348. The predicted octanol–water partition coefficient (Wildman–Crippen LogP) is 4.53. The lowest BCUT2D eigenvalue weighted by Crippen LogP contribution is -2.30. The number of benzene rings is 2. The summed E-state index contributed by atoms with van der Waals surface area (Å²) in [5, 5.41) is 3.06. The van der Waals surface area contributed by atoms with Crippen molar-refractivity contribution in [3.63, 3.8) is 0 Å². The zero-order valence-electron chi connectivity index (χ0n) is 16.4. The minimum Gasteiger partial charge on any atom is -0.493 e. The Bertz CT molecular complexity index is 831. The molecule has 28 heavy (non-hydrogen) atoms. The number of ether oxygens (including phenoxy) is 3. The lowest BCUT2D eigenvalue weighted by molar-refractivity contribution is -0.117. The number of amides is 1. The van der Waals surface area contributed by atoms with Gasteiger partial charge in [0.15, 0.2) is 11.5 Å². The van der Waals surface area contributed by atoms with Gasteiger partial charge < -0.3 is 19.5 Å². The molecule has 0 saturated heterocycles. The van der Waals surface area contributed by atoms with Gasteiger partial charge in [0, 0.05) is 18.1 Å². The van der Waals surface area contributed by atoms with Crippen LogP contribution in [0.15, 0.2) is 48.5 Å². The summed E-state index contributed by atoms with van der Waals surface area (Å²) in [6.45, 7) is 5.80. The SMILES string of the molecule is CCCOc1ccc(/C=C/C(=O)N[C@H]2CCOc3ccccc32)cc1OCC. The van der Waals surface area contributed by atoms with Crippen molar-refractivity contribution >= 4 is 12.0 Å². The molecule has 0 saturated carbocycles. The van der Waals surface area contributed by atoms with Crippen LogP contribution in [0.2, 0.25) is 0 Å². The molecule has 1 amide bonds. The molecular weight excluding hydrogens is 354 g/mol. The third-order valence-electron chi connectivity index (χ3n) is 4.43. The Hall–Kier alpha value is -2.95. The number of carbonyl (C=O) groups excluding carboxylic acids is 1. The van der Waals surface area contributed by atoms with E-state index in [-0.39, 0.29) is 11.9 Å². The molecule has 0 aliphatic carbocycles. The first-order valence-corrected chi connectivity index (χ1v) is 9.81. The minimum atomic E-state index is -0.133. The van der Waals surface area contributed by atoms with E-state index in [2.05, 4.69) is 12.2 Å². The molecule has 1 aliphatic heterocycles. The van der Waals surface area contributed by atoms with E-state index in [0.717, 1.165) is 35.5 Å². The molecule has 148 valence electrons. The Kier molecular flexibility index (Phi) is 6.95. The maximum Gasteiger partial charge on any atom is 0.244 e. The summed E-state index contributed by atoms with van der Waals surface area (Å²) >= 11 is 0. The van der Waals surface area contributed by atoms with E-state index >= 15 is 0 Å². The molecule has 5 nitrogen and oxygen atoms in total. The van der Waals surface area contributed by atoms with E-state index < -0.39 is 0 Å². The average Bonchev–Trinajstić information content (AvgIpc) is 2.72. The van der Waals surface area contributed by atoms with Crippen molar-refractivity contribution in [2.45, 2.75) is 32.7 Å². The first kappa shape index (κ1) is 19.8. The zero-order chi connectivity index (χ0) is 19.8. The number of fused-ring (bicyclic) bond motifs is 1. The van der Waals surface area contributed by atoms with Crippen LogP contribution < -0.4 is 19.5 Å². The number of para-hydroxylation sites is 1. The fourth-order valence-electron chi connectivity index (χ4n) is 3.11. The largest absolute Gasteiger partial charge is 0.493 e. The highest BCUT2D eigenvalue weighted by atomic mass is 16.5. The second kappa shape index (κ2) is 9.83. The smallest absolute Gasteiger partial charge is 0.244 e. The molecule has 1 N–H and O–H groups in total. The Morgan fingerprint density at radius 1 is 1.18 bits per heavy atom. The molecule has 0 unspecified atom stereocenters. The third-order valence-corrected chi connectivity index (χ3v) is 4.43. The van der Waals surface area contributed by atoms with E-state index in [1.807, 2.05) is 49.4 Å². The van der Waals surface area contributed by atoms with Crippen LogP contribution in [-0.4, -0.2) is 25.7 Å². The molecular formula is C23H27NO4. The van der Waals surface area contributed by atoms with Crippen molar-refractivity contribution in [1.82, 2.24) is 5.32 Å². The quantitative estimate of drug-likeness (QED) is 0.683. The lowest BCUT2D eigenvalue weighted by Gasteiger charge is -2.26. The zero-order valence-corrected chi connectivity index (χ0v) is 16.4. The van der Waals surface area contributed by atoms with Crippen LogP contribution >= 0.6 is 0 Å². The van der Waals surface area contributed by atoms with Crippen molar-refractivity contribution in [1.29, 1.82) is 0 Å². The molecule has 2 aromatic rings. The highest BCUT2D eigenvalue weighted by Crippen LogP contribution is 2.32. The van der Waals surface area contributed by atoms with E-state index in [4.69, 9.17) is 14.2 Å². The monoisotopic (exact) mass is 381 g/mol. The summed E-state index contributed by atoms with van der Waals surface area (Å²) in [6, 6.07) is 13.5. The summed E-state index contributed by atoms with van der Waals surface area (Å²) in [4.78, 5) is 12.4. The Labute approximate surface area is 166 Å². The van der Waals surface area contributed by atoms with E-state index in [0.29, 0.717) is 25.6 Å². The minimum absolute atomic E-state index is 0.0362. The highest BCUT2D eigenvalue weighted by Gasteiger charge is 2.21. The Morgan fingerprint density at radius 3 is 2.86 bits per heavy atom. The van der Waals surface area contributed by atoms with Gasteiger partial charge in [-0.25, -0.2) is 0 Å². The number of rotatable bonds is 8. The van der Waals surface area contributed by atoms with Gasteiger partial charge in [-0.3, -0.25) is 4.79 Å². The normalized spacial score (nSPS) is 15.6. The molecule has 0 bridgehead atoms. The molecule has 3 rings (SSSR count). The van der Waals surface area contributed by atoms with Gasteiger partial charge in [-0.05, 0) is 43.2 Å². The van der Waals surface area contributed by atoms with E-state index in [1.54, 1.807) is 12.2 Å². The van der Waals surface area contributed by atoms with Gasteiger partial charge in [-0.1, -0.05) is 31.2 Å². The summed E-state index contributed by atoms with van der Waals surface area (Å²) in [5.74, 6) is 2.12. The first-order chi connectivity index (χ1) is 13.7. The van der Waals surface area contributed by atoms with Crippen molar-refractivity contribution < 1.29 is 19.0 Å². The predicted molar refractivity (Wildman–Crippen MR) is 110 cm³/mol. The topological polar surface area (TPSA) is 56.8 Å². The molecule has 0 aromatic heterocycles. The van der Waals surface area contributed by atoms with Crippen molar-refractivity contribution in [3.05, 3.63) is 59.7 Å². The third kappa shape index (κ3) is 5.06. The van der Waals surface area contributed by atoms with Crippen LogP contribution in [-0.2, 0) is 4.79 Å². The van der Waals surface area contributed by atoms with E-state index in [9.17, 15) is 4.79 Å². The Balaban J connectivity index is 1.66. The molecule has 0 fully saturated rings. The summed E-state index contributed by atoms with van der Waals surface area (Å²) in [6.07, 6.45) is 5.03. The maximum atomic E-state index is 12.4. The van der Waals surface area contributed by atoms with Crippen LogP contribution in [0.5, 0.6) is 17.2 Å². The number of carbonyl (C=O) groups is 1. The van der Waals surface area contributed by atoms with Gasteiger partial charge in [-0.2, -0.15) is 0 Å². The van der Waals surface area contributed by atoms with Gasteiger partial charge in [0.05, 0.1) is 25.9 Å². The van der Waals surface area contributed by atoms with Crippen LogP contribution in [0, 0.1) is 0 Å². The lowest BCUT2D eigenvalue weighted by atomic mass is 10.0.